The number of ether oxygens (including phenoxy) is 3. The number of thiophene rings is 2. The summed E-state index contributed by atoms with van der Waals surface area (Å²) in [5.74, 6) is -0.291. The predicted octanol–water partition coefficient (Wildman–Crippen LogP) is 6.18. The summed E-state index contributed by atoms with van der Waals surface area (Å²) in [6, 6.07) is 19.7. The number of fused-ring (bicyclic) bond motifs is 1. The van der Waals surface area contributed by atoms with E-state index in [0.717, 1.165) is 19.5 Å². The molecule has 2 N–H and O–H groups in total. The Hall–Kier alpha value is -4.74. The van der Waals surface area contributed by atoms with Crippen LogP contribution in [-0.2, 0) is 0 Å². The second kappa shape index (κ2) is 11.6. The van der Waals surface area contributed by atoms with E-state index in [4.69, 9.17) is 14.2 Å². The molecular formula is C29H23N3O6S2. The first-order chi connectivity index (χ1) is 19.4. The van der Waals surface area contributed by atoms with E-state index in [1.807, 2.05) is 36.4 Å². The maximum absolute atomic E-state index is 12.7. The Morgan fingerprint density at radius 1 is 0.875 bits per heavy atom. The van der Waals surface area contributed by atoms with Crippen molar-refractivity contribution in [1.82, 2.24) is 10.4 Å². The lowest BCUT2D eigenvalue weighted by molar-refractivity contribution is 0.0698. The molecule has 0 radical (unpaired) electrons. The molecule has 0 unspecified atom stereocenters. The van der Waals surface area contributed by atoms with Crippen LogP contribution in [0.3, 0.4) is 0 Å². The van der Waals surface area contributed by atoms with E-state index in [-0.39, 0.29) is 5.56 Å². The van der Waals surface area contributed by atoms with Crippen molar-refractivity contribution in [3.8, 4) is 37.6 Å². The summed E-state index contributed by atoms with van der Waals surface area (Å²) in [7, 11) is 4.45. The molecular weight excluding hydrogens is 550 g/mol. The molecule has 11 heteroatoms. The van der Waals surface area contributed by atoms with Crippen molar-refractivity contribution in [3.05, 3.63) is 82.7 Å². The standard InChI is InChI=1S/C29H23N3O6S2/c1-36-22-12-16(13-23(37-2)27(22)38-3)28(33)32-30-15-17-8-9-25(39-17)26-11-10-24(40-26)21-14-19(29(34)35)18-6-4-5-7-20(18)31-21/h4-15H,1-3H3,(H,32,33)(H,34,35). The van der Waals surface area contributed by atoms with Gasteiger partial charge in [0.2, 0.25) is 5.75 Å². The lowest BCUT2D eigenvalue weighted by Gasteiger charge is -2.13. The predicted molar refractivity (Wildman–Crippen MR) is 156 cm³/mol. The van der Waals surface area contributed by atoms with Crippen LogP contribution < -0.4 is 19.6 Å². The molecule has 2 aromatic carbocycles. The van der Waals surface area contributed by atoms with Crippen molar-refractivity contribution in [1.29, 1.82) is 0 Å². The van der Waals surface area contributed by atoms with Crippen LogP contribution in [0.5, 0.6) is 17.2 Å². The Morgan fingerprint density at radius 2 is 1.55 bits per heavy atom. The number of hydrogen-bond donors (Lipinski definition) is 2. The number of nitrogens with one attached hydrogen (secondary N) is 1. The quantitative estimate of drug-likeness (QED) is 0.160. The highest BCUT2D eigenvalue weighted by Gasteiger charge is 2.17. The molecule has 0 fully saturated rings. The van der Waals surface area contributed by atoms with Crippen LogP contribution in [0.1, 0.15) is 25.6 Å². The topological polar surface area (TPSA) is 119 Å². The third-order valence-corrected chi connectivity index (χ3v) is 8.28. The molecule has 40 heavy (non-hydrogen) atoms. The molecule has 202 valence electrons. The summed E-state index contributed by atoms with van der Waals surface area (Å²) in [5.41, 5.74) is 4.29. The summed E-state index contributed by atoms with van der Waals surface area (Å²) in [6.07, 6.45) is 1.57. The number of aromatic carboxylic acids is 1. The average molecular weight is 574 g/mol. The smallest absolute Gasteiger partial charge is 0.336 e. The second-order valence-corrected chi connectivity index (χ2v) is 10.6. The number of carboxylic acid groups (broad SMARTS) is 1. The fourth-order valence-electron chi connectivity index (χ4n) is 4.07. The minimum atomic E-state index is -0.990. The molecule has 9 nitrogen and oxygen atoms in total. The van der Waals surface area contributed by atoms with Crippen molar-refractivity contribution in [2.45, 2.75) is 0 Å². The molecule has 3 heterocycles. The monoisotopic (exact) mass is 573 g/mol. The van der Waals surface area contributed by atoms with Crippen molar-refractivity contribution < 1.29 is 28.9 Å². The van der Waals surface area contributed by atoms with Gasteiger partial charge in [-0.15, -0.1) is 22.7 Å². The van der Waals surface area contributed by atoms with Gasteiger partial charge in [-0.2, -0.15) is 5.10 Å². The zero-order valence-corrected chi connectivity index (χ0v) is 23.3. The molecule has 0 saturated heterocycles. The van der Waals surface area contributed by atoms with Gasteiger partial charge in [0.25, 0.3) is 5.91 Å². The highest BCUT2D eigenvalue weighted by molar-refractivity contribution is 7.24. The Balaban J connectivity index is 1.31. The Labute approximate surface area is 237 Å². The summed E-state index contributed by atoms with van der Waals surface area (Å²) in [6.45, 7) is 0. The normalized spacial score (nSPS) is 11.1. The number of carboxylic acids is 1. The number of nitrogens with zero attached hydrogens (tertiary/aromatic N) is 2. The number of benzene rings is 2. The summed E-state index contributed by atoms with van der Waals surface area (Å²) < 4.78 is 15.9. The van der Waals surface area contributed by atoms with Crippen LogP contribution >= 0.6 is 22.7 Å². The summed E-state index contributed by atoms with van der Waals surface area (Å²) in [5, 5.41) is 14.4. The maximum atomic E-state index is 12.7. The third-order valence-electron chi connectivity index (χ3n) is 5.96. The van der Waals surface area contributed by atoms with Crippen LogP contribution in [-0.4, -0.2) is 49.5 Å². The van der Waals surface area contributed by atoms with E-state index in [2.05, 4.69) is 15.5 Å². The van der Waals surface area contributed by atoms with Gasteiger partial charge in [0, 0.05) is 25.6 Å². The number of carbonyl (C=O) groups is 2. The largest absolute Gasteiger partial charge is 0.493 e. The minimum absolute atomic E-state index is 0.221. The third kappa shape index (κ3) is 5.37. The van der Waals surface area contributed by atoms with Gasteiger partial charge in [-0.1, -0.05) is 18.2 Å². The van der Waals surface area contributed by atoms with Crippen LogP contribution in [0.25, 0.3) is 31.2 Å². The van der Waals surface area contributed by atoms with Gasteiger partial charge in [-0.25, -0.2) is 15.2 Å². The number of carbonyl (C=O) groups excluding carboxylic acids is 1. The van der Waals surface area contributed by atoms with Gasteiger partial charge >= 0.3 is 5.97 Å². The molecule has 0 saturated carbocycles. The molecule has 5 aromatic rings. The second-order valence-electron chi connectivity index (χ2n) is 8.36. The van der Waals surface area contributed by atoms with Gasteiger partial charge in [0.1, 0.15) is 0 Å². The minimum Gasteiger partial charge on any atom is -0.493 e. The van der Waals surface area contributed by atoms with Crippen molar-refractivity contribution in [2.75, 3.05) is 21.3 Å². The molecule has 0 spiro atoms. The number of para-hydroxylation sites is 1. The summed E-state index contributed by atoms with van der Waals surface area (Å²) in [4.78, 5) is 32.9. The highest BCUT2D eigenvalue weighted by atomic mass is 32.1. The van der Waals surface area contributed by atoms with E-state index >= 15 is 0 Å². The average Bonchev–Trinajstić information content (AvgIpc) is 3.66. The number of amides is 1. The van der Waals surface area contributed by atoms with E-state index in [0.29, 0.717) is 39.4 Å². The molecule has 0 bridgehead atoms. The van der Waals surface area contributed by atoms with Crippen LogP contribution in [0.15, 0.2) is 71.8 Å². The Kier molecular flexibility index (Phi) is 7.76. The van der Waals surface area contributed by atoms with Crippen LogP contribution in [0.2, 0.25) is 0 Å². The number of pyridine rings is 1. The first kappa shape index (κ1) is 26.9. The number of rotatable bonds is 9. The van der Waals surface area contributed by atoms with E-state index in [9.17, 15) is 14.7 Å². The first-order valence-corrected chi connectivity index (χ1v) is 13.5. The van der Waals surface area contributed by atoms with Crippen molar-refractivity contribution in [2.24, 2.45) is 5.10 Å². The zero-order chi connectivity index (χ0) is 28.2. The Bertz CT molecular complexity index is 1730. The number of aromatic nitrogens is 1. The molecule has 5 rings (SSSR count). The first-order valence-electron chi connectivity index (χ1n) is 11.9. The number of methoxy groups -OCH3 is 3. The fourth-order valence-corrected chi connectivity index (χ4v) is 6.01. The van der Waals surface area contributed by atoms with Gasteiger partial charge in [-0.05, 0) is 48.5 Å². The highest BCUT2D eigenvalue weighted by Crippen LogP contribution is 2.39. The maximum Gasteiger partial charge on any atom is 0.336 e. The van der Waals surface area contributed by atoms with E-state index in [1.54, 1.807) is 36.5 Å². The van der Waals surface area contributed by atoms with E-state index < -0.39 is 11.9 Å². The lowest BCUT2D eigenvalue weighted by atomic mass is 10.1. The number of hydrazone groups is 1. The molecule has 0 aliphatic carbocycles. The fraction of sp³-hybridized carbons (Fsp3) is 0.103. The van der Waals surface area contributed by atoms with Gasteiger partial charge in [0.15, 0.2) is 11.5 Å². The van der Waals surface area contributed by atoms with E-state index in [1.165, 1.54) is 44.0 Å². The SMILES string of the molecule is COc1cc(C(=O)NN=Cc2ccc(-c3ccc(-c4cc(C(=O)O)c5ccccc5n4)s3)s2)cc(OC)c1OC. The molecule has 1 amide bonds. The van der Waals surface area contributed by atoms with Crippen LogP contribution in [0, 0.1) is 0 Å². The Morgan fingerprint density at radius 3 is 2.25 bits per heavy atom. The van der Waals surface area contributed by atoms with Crippen molar-refractivity contribution in [3.63, 3.8) is 0 Å². The van der Waals surface area contributed by atoms with Gasteiger partial charge in [0.05, 0.1) is 49.2 Å². The lowest BCUT2D eigenvalue weighted by Crippen LogP contribution is -2.17. The summed E-state index contributed by atoms with van der Waals surface area (Å²) >= 11 is 3.03. The molecule has 3 aromatic heterocycles. The zero-order valence-electron chi connectivity index (χ0n) is 21.6. The number of hydrogen-bond acceptors (Lipinski definition) is 9. The molecule has 0 aliphatic rings. The molecule has 0 atom stereocenters. The van der Waals surface area contributed by atoms with Crippen molar-refractivity contribution >= 4 is 51.7 Å². The van der Waals surface area contributed by atoms with Gasteiger partial charge < -0.3 is 19.3 Å². The van der Waals surface area contributed by atoms with Gasteiger partial charge in [-0.3, -0.25) is 4.79 Å². The molecule has 0 aliphatic heterocycles. The van der Waals surface area contributed by atoms with Crippen LogP contribution in [0.4, 0.5) is 0 Å².